The Morgan fingerprint density at radius 2 is 1.60 bits per heavy atom. The van der Waals surface area contributed by atoms with Crippen molar-refractivity contribution in [3.63, 3.8) is 0 Å². The van der Waals surface area contributed by atoms with Crippen molar-refractivity contribution in [1.82, 2.24) is 0 Å². The van der Waals surface area contributed by atoms with E-state index in [2.05, 4.69) is 10.6 Å². The quantitative estimate of drug-likeness (QED) is 0.572. The Kier molecular flexibility index (Phi) is 3.54. The van der Waals surface area contributed by atoms with Gasteiger partial charge in [0.05, 0.1) is 0 Å². The molecule has 1 atom stereocenters. The van der Waals surface area contributed by atoms with Gasteiger partial charge in [-0.05, 0) is 23.1 Å². The summed E-state index contributed by atoms with van der Waals surface area (Å²) in [4.78, 5) is 37.2. The Hall–Kier alpha value is -3.47. The minimum Gasteiger partial charge on any atom is -0.325 e. The molecule has 2 N–H and O–H groups in total. The van der Waals surface area contributed by atoms with E-state index in [1.807, 2.05) is 30.3 Å². The van der Waals surface area contributed by atoms with E-state index in [-0.39, 0.29) is 0 Å². The molecular weight excluding hydrogens is 316 g/mol. The van der Waals surface area contributed by atoms with Gasteiger partial charge in [-0.15, -0.1) is 0 Å². The molecule has 4 rings (SSSR count). The molecule has 0 aromatic heterocycles. The summed E-state index contributed by atoms with van der Waals surface area (Å²) in [6.07, 6.45) is 0. The number of nitrogens with one attached hydrogen (secondary N) is 2. The predicted octanol–water partition coefficient (Wildman–Crippen LogP) is 3.08. The number of carbonyl (C=O) groups excluding carboxylic acids is 3. The van der Waals surface area contributed by atoms with Crippen molar-refractivity contribution in [2.75, 3.05) is 10.6 Å². The van der Waals surface area contributed by atoms with Crippen LogP contribution in [0.2, 0.25) is 0 Å². The van der Waals surface area contributed by atoms with Gasteiger partial charge < -0.3 is 10.6 Å². The van der Waals surface area contributed by atoms with Crippen molar-refractivity contribution >= 4 is 39.7 Å². The maximum atomic E-state index is 12.6. The average molecular weight is 330 g/mol. The van der Waals surface area contributed by atoms with Crippen LogP contribution >= 0.6 is 0 Å². The van der Waals surface area contributed by atoms with Crippen LogP contribution in [0.25, 0.3) is 10.8 Å². The standard InChI is InChI=1S/C20H14N2O3/c23-18(17-14-9-3-4-10-16(14)21-19(17)24)20(25)22-15-11-5-7-12-6-1-2-8-13(12)15/h1-11,17H,(H,21,24)(H,22,25)/t17-/m0/s1. The van der Waals surface area contributed by atoms with Crippen molar-refractivity contribution < 1.29 is 14.4 Å². The first-order valence-corrected chi connectivity index (χ1v) is 7.88. The summed E-state index contributed by atoms with van der Waals surface area (Å²) in [5, 5.41) is 7.07. The lowest BCUT2D eigenvalue weighted by atomic mass is 9.95. The Morgan fingerprint density at radius 1 is 0.880 bits per heavy atom. The van der Waals surface area contributed by atoms with E-state index in [0.717, 1.165) is 10.8 Å². The minimum atomic E-state index is -1.11. The molecule has 0 saturated heterocycles. The zero-order valence-electron chi connectivity index (χ0n) is 13.2. The van der Waals surface area contributed by atoms with Gasteiger partial charge in [0, 0.05) is 16.8 Å². The second-order valence-corrected chi connectivity index (χ2v) is 5.85. The highest BCUT2D eigenvalue weighted by Crippen LogP contribution is 2.33. The smallest absolute Gasteiger partial charge is 0.292 e. The second kappa shape index (κ2) is 5.87. The third-order valence-electron chi connectivity index (χ3n) is 4.32. The molecule has 0 radical (unpaired) electrons. The first-order valence-electron chi connectivity index (χ1n) is 7.88. The highest BCUT2D eigenvalue weighted by atomic mass is 16.2. The SMILES string of the molecule is O=C(Nc1cccc2ccccc12)C(=O)[C@H]1C(=O)Nc2ccccc21. The largest absolute Gasteiger partial charge is 0.325 e. The van der Waals surface area contributed by atoms with Gasteiger partial charge in [-0.25, -0.2) is 0 Å². The zero-order valence-corrected chi connectivity index (χ0v) is 13.2. The van der Waals surface area contributed by atoms with Gasteiger partial charge in [-0.3, -0.25) is 14.4 Å². The van der Waals surface area contributed by atoms with Crippen LogP contribution in [0.4, 0.5) is 11.4 Å². The number of ketones is 1. The summed E-state index contributed by atoms with van der Waals surface area (Å²) in [5.74, 6) is -3.14. The minimum absolute atomic E-state index is 0.473. The van der Waals surface area contributed by atoms with Gasteiger partial charge in [0.1, 0.15) is 5.92 Å². The monoisotopic (exact) mass is 330 g/mol. The molecule has 3 aromatic rings. The Labute approximate surface area is 143 Å². The van der Waals surface area contributed by atoms with E-state index >= 15 is 0 Å². The number of hydrogen-bond donors (Lipinski definition) is 2. The van der Waals surface area contributed by atoms with E-state index in [0.29, 0.717) is 16.9 Å². The number of Topliss-reactive ketones (excluding diaryl/α,β-unsaturated/α-hetero) is 1. The number of anilines is 2. The summed E-state index contributed by atoms with van der Waals surface area (Å²) in [7, 11) is 0. The third-order valence-corrected chi connectivity index (χ3v) is 4.32. The molecular formula is C20H14N2O3. The van der Waals surface area contributed by atoms with Crippen LogP contribution in [0.1, 0.15) is 11.5 Å². The molecule has 0 fully saturated rings. The zero-order chi connectivity index (χ0) is 17.4. The summed E-state index contributed by atoms with van der Waals surface area (Å²) in [5.41, 5.74) is 1.65. The van der Waals surface area contributed by atoms with Gasteiger partial charge in [0.2, 0.25) is 11.7 Å². The van der Waals surface area contributed by atoms with E-state index in [9.17, 15) is 14.4 Å². The molecule has 0 bridgehead atoms. The lowest BCUT2D eigenvalue weighted by Gasteiger charge is -2.10. The van der Waals surface area contributed by atoms with Crippen molar-refractivity contribution in [1.29, 1.82) is 0 Å². The number of amides is 2. The Morgan fingerprint density at radius 3 is 2.48 bits per heavy atom. The normalized spacial score (nSPS) is 15.5. The maximum absolute atomic E-state index is 12.6. The molecule has 122 valence electrons. The van der Waals surface area contributed by atoms with E-state index in [1.165, 1.54) is 0 Å². The molecule has 1 aliphatic heterocycles. The third kappa shape index (κ3) is 2.55. The molecule has 1 heterocycles. The molecule has 0 saturated carbocycles. The van der Waals surface area contributed by atoms with Crippen LogP contribution in [-0.4, -0.2) is 17.6 Å². The number of benzene rings is 3. The second-order valence-electron chi connectivity index (χ2n) is 5.85. The Bertz CT molecular complexity index is 1020. The van der Waals surface area contributed by atoms with Crippen LogP contribution in [-0.2, 0) is 14.4 Å². The van der Waals surface area contributed by atoms with Crippen molar-refractivity contribution in [2.45, 2.75) is 5.92 Å². The highest BCUT2D eigenvalue weighted by Gasteiger charge is 2.39. The molecule has 3 aromatic carbocycles. The van der Waals surface area contributed by atoms with Gasteiger partial charge in [-0.2, -0.15) is 0 Å². The predicted molar refractivity (Wildman–Crippen MR) is 95.4 cm³/mol. The van der Waals surface area contributed by atoms with E-state index in [4.69, 9.17) is 0 Å². The molecule has 25 heavy (non-hydrogen) atoms. The van der Waals surface area contributed by atoms with Crippen LogP contribution < -0.4 is 10.6 Å². The van der Waals surface area contributed by atoms with Gasteiger partial charge in [0.25, 0.3) is 5.91 Å². The molecule has 2 amide bonds. The lowest BCUT2D eigenvalue weighted by molar-refractivity contribution is -0.138. The van der Waals surface area contributed by atoms with Crippen LogP contribution in [0, 0.1) is 0 Å². The fourth-order valence-electron chi connectivity index (χ4n) is 3.12. The summed E-state index contributed by atoms with van der Waals surface area (Å²) in [6, 6.07) is 19.9. The van der Waals surface area contributed by atoms with Crippen molar-refractivity contribution in [2.24, 2.45) is 0 Å². The number of fused-ring (bicyclic) bond motifs is 2. The fraction of sp³-hybridized carbons (Fsp3) is 0.0500. The Balaban J connectivity index is 1.63. The average Bonchev–Trinajstić information content (AvgIpc) is 2.97. The summed E-state index contributed by atoms with van der Waals surface area (Å²) >= 11 is 0. The first kappa shape index (κ1) is 15.1. The fourth-order valence-corrected chi connectivity index (χ4v) is 3.12. The van der Waals surface area contributed by atoms with Crippen molar-refractivity contribution in [3.8, 4) is 0 Å². The van der Waals surface area contributed by atoms with Gasteiger partial charge in [-0.1, -0.05) is 54.6 Å². The van der Waals surface area contributed by atoms with Crippen molar-refractivity contribution in [3.05, 3.63) is 72.3 Å². The molecule has 5 nitrogen and oxygen atoms in total. The van der Waals surface area contributed by atoms with E-state index < -0.39 is 23.5 Å². The van der Waals surface area contributed by atoms with Gasteiger partial charge in [0.15, 0.2) is 0 Å². The topological polar surface area (TPSA) is 75.3 Å². The summed E-state index contributed by atoms with van der Waals surface area (Å²) < 4.78 is 0. The molecule has 0 aliphatic carbocycles. The molecule has 0 unspecified atom stereocenters. The van der Waals surface area contributed by atoms with Crippen LogP contribution in [0.15, 0.2) is 66.7 Å². The maximum Gasteiger partial charge on any atom is 0.292 e. The van der Waals surface area contributed by atoms with Gasteiger partial charge >= 0.3 is 0 Å². The number of carbonyl (C=O) groups is 3. The van der Waals surface area contributed by atoms with E-state index in [1.54, 1.807) is 36.4 Å². The lowest BCUT2D eigenvalue weighted by Crippen LogP contribution is -2.32. The summed E-state index contributed by atoms with van der Waals surface area (Å²) in [6.45, 7) is 0. The van der Waals surface area contributed by atoms with Crippen LogP contribution in [0.3, 0.4) is 0 Å². The van der Waals surface area contributed by atoms with Crippen LogP contribution in [0.5, 0.6) is 0 Å². The molecule has 1 aliphatic rings. The number of para-hydroxylation sites is 1. The number of hydrogen-bond acceptors (Lipinski definition) is 3. The molecule has 5 heteroatoms. The molecule has 0 spiro atoms. The number of rotatable bonds is 3. The highest BCUT2D eigenvalue weighted by molar-refractivity contribution is 6.47. The first-order chi connectivity index (χ1) is 12.1.